The molecule has 1 amide bonds. The molecule has 6 heteroatoms. The number of aryl methyl sites for hydroxylation is 1. The highest BCUT2D eigenvalue weighted by atomic mass is 32.2. The Morgan fingerprint density at radius 2 is 1.81 bits per heavy atom. The minimum absolute atomic E-state index is 0.0787. The summed E-state index contributed by atoms with van der Waals surface area (Å²) >= 11 is 1.62. The molecule has 1 aromatic heterocycles. The van der Waals surface area contributed by atoms with Crippen molar-refractivity contribution in [1.29, 1.82) is 5.26 Å². The maximum Gasteiger partial charge on any atom is 0.252 e. The Morgan fingerprint density at radius 3 is 2.61 bits per heavy atom. The first kappa shape index (κ1) is 20.7. The second kappa shape index (κ2) is 9.50. The van der Waals surface area contributed by atoms with Crippen molar-refractivity contribution in [1.82, 2.24) is 14.9 Å². The standard InChI is InChI=1S/C25H22N4OS/c1-18-28-22-7-3-4-8-23(22)29(18)15-14-27-25(30)21-6-2-5-9-24(21)31-17-20-12-10-19(16-26)11-13-20/h2-13H,14-15,17H2,1H3,(H,27,30). The summed E-state index contributed by atoms with van der Waals surface area (Å²) in [6.07, 6.45) is 0. The minimum Gasteiger partial charge on any atom is -0.350 e. The Morgan fingerprint density at radius 1 is 1.06 bits per heavy atom. The number of carbonyl (C=O) groups excluding carboxylic acids is 1. The quantitative estimate of drug-likeness (QED) is 0.425. The third-order valence-corrected chi connectivity index (χ3v) is 6.22. The molecule has 5 nitrogen and oxygen atoms in total. The highest BCUT2D eigenvalue weighted by molar-refractivity contribution is 7.98. The number of aromatic nitrogens is 2. The lowest BCUT2D eigenvalue weighted by Crippen LogP contribution is -2.27. The number of nitrogens with zero attached hydrogens (tertiary/aromatic N) is 3. The van der Waals surface area contributed by atoms with Crippen molar-refractivity contribution < 1.29 is 4.79 Å². The molecule has 0 bridgehead atoms. The highest BCUT2D eigenvalue weighted by Crippen LogP contribution is 2.26. The van der Waals surface area contributed by atoms with Crippen molar-refractivity contribution in [2.45, 2.75) is 24.1 Å². The fourth-order valence-corrected chi connectivity index (χ4v) is 4.48. The Hall–Kier alpha value is -3.56. The van der Waals surface area contributed by atoms with Gasteiger partial charge in [0.2, 0.25) is 0 Å². The number of thioether (sulfide) groups is 1. The molecule has 154 valence electrons. The van der Waals surface area contributed by atoms with Gasteiger partial charge in [-0.3, -0.25) is 4.79 Å². The number of para-hydroxylation sites is 2. The summed E-state index contributed by atoms with van der Waals surface area (Å²) in [5.74, 6) is 1.59. The van der Waals surface area contributed by atoms with Crippen molar-refractivity contribution in [3.8, 4) is 6.07 Å². The van der Waals surface area contributed by atoms with Crippen LogP contribution in [0.3, 0.4) is 0 Å². The number of amides is 1. The summed E-state index contributed by atoms with van der Waals surface area (Å²) in [6.45, 7) is 3.17. The van der Waals surface area contributed by atoms with E-state index >= 15 is 0 Å². The fourth-order valence-electron chi connectivity index (χ4n) is 3.47. The molecule has 0 spiro atoms. The van der Waals surface area contributed by atoms with Gasteiger partial charge in [-0.05, 0) is 48.9 Å². The van der Waals surface area contributed by atoms with Gasteiger partial charge in [0.05, 0.1) is 28.2 Å². The number of nitrogens with one attached hydrogen (secondary N) is 1. The van der Waals surface area contributed by atoms with Gasteiger partial charge in [-0.15, -0.1) is 11.8 Å². The molecule has 0 aliphatic carbocycles. The van der Waals surface area contributed by atoms with Gasteiger partial charge in [-0.25, -0.2) is 4.98 Å². The Bertz CT molecular complexity index is 1250. The van der Waals surface area contributed by atoms with Crippen molar-refractivity contribution in [2.75, 3.05) is 6.54 Å². The number of hydrogen-bond acceptors (Lipinski definition) is 4. The zero-order valence-corrected chi connectivity index (χ0v) is 18.0. The van der Waals surface area contributed by atoms with Crippen LogP contribution in [0, 0.1) is 18.3 Å². The normalized spacial score (nSPS) is 10.7. The van der Waals surface area contributed by atoms with Crippen molar-refractivity contribution in [3.05, 3.63) is 95.3 Å². The summed E-state index contributed by atoms with van der Waals surface area (Å²) in [7, 11) is 0. The molecule has 0 aliphatic heterocycles. The summed E-state index contributed by atoms with van der Waals surface area (Å²) in [4.78, 5) is 18.4. The Balaban J connectivity index is 1.39. The average molecular weight is 427 g/mol. The van der Waals surface area contributed by atoms with Gasteiger partial charge >= 0.3 is 0 Å². The zero-order chi connectivity index (χ0) is 21.6. The van der Waals surface area contributed by atoms with Crippen LogP contribution in [0.4, 0.5) is 0 Å². The molecule has 3 aromatic carbocycles. The first-order chi connectivity index (χ1) is 15.2. The molecule has 0 unspecified atom stereocenters. The zero-order valence-electron chi connectivity index (χ0n) is 17.2. The number of rotatable bonds is 7. The Labute approximate surface area is 185 Å². The SMILES string of the molecule is Cc1nc2ccccc2n1CCNC(=O)c1ccccc1SCc1ccc(C#N)cc1. The minimum atomic E-state index is -0.0787. The second-order valence-electron chi connectivity index (χ2n) is 7.15. The van der Waals surface area contributed by atoms with Crippen molar-refractivity contribution in [3.63, 3.8) is 0 Å². The summed E-state index contributed by atoms with van der Waals surface area (Å²) in [5.41, 5.74) is 4.48. The van der Waals surface area contributed by atoms with Crippen LogP contribution >= 0.6 is 11.8 Å². The van der Waals surface area contributed by atoms with Crippen LogP contribution < -0.4 is 5.32 Å². The molecule has 31 heavy (non-hydrogen) atoms. The molecule has 1 heterocycles. The van der Waals surface area contributed by atoms with Crippen LogP contribution in [0.5, 0.6) is 0 Å². The topological polar surface area (TPSA) is 70.7 Å². The van der Waals surface area contributed by atoms with Crippen LogP contribution in [-0.2, 0) is 12.3 Å². The molecule has 0 radical (unpaired) electrons. The summed E-state index contributed by atoms with van der Waals surface area (Å²) < 4.78 is 2.13. The largest absolute Gasteiger partial charge is 0.350 e. The van der Waals surface area contributed by atoms with Gasteiger partial charge in [0, 0.05) is 23.7 Å². The van der Waals surface area contributed by atoms with E-state index in [2.05, 4.69) is 20.9 Å². The molecule has 0 aliphatic rings. The maximum atomic E-state index is 12.9. The van der Waals surface area contributed by atoms with Crippen LogP contribution in [0.1, 0.15) is 27.3 Å². The maximum absolute atomic E-state index is 12.9. The molecule has 0 atom stereocenters. The molecule has 1 N–H and O–H groups in total. The van der Waals surface area contributed by atoms with E-state index in [0.29, 0.717) is 24.2 Å². The number of imidazole rings is 1. The number of hydrogen-bond donors (Lipinski definition) is 1. The predicted octanol–water partition coefficient (Wildman–Crippen LogP) is 4.94. The number of benzene rings is 3. The van der Waals surface area contributed by atoms with Crippen molar-refractivity contribution >= 4 is 28.7 Å². The molecule has 0 fully saturated rings. The fraction of sp³-hybridized carbons (Fsp3) is 0.160. The molecule has 0 saturated carbocycles. The van der Waals surface area contributed by atoms with Crippen LogP contribution in [-0.4, -0.2) is 22.0 Å². The second-order valence-corrected chi connectivity index (χ2v) is 8.17. The van der Waals surface area contributed by atoms with Gasteiger partial charge in [0.25, 0.3) is 5.91 Å². The molecular weight excluding hydrogens is 404 g/mol. The first-order valence-electron chi connectivity index (χ1n) is 10.1. The van der Waals surface area contributed by atoms with E-state index in [1.807, 2.05) is 79.7 Å². The van der Waals surface area contributed by atoms with Crippen molar-refractivity contribution in [2.24, 2.45) is 0 Å². The van der Waals surface area contributed by atoms with E-state index in [0.717, 1.165) is 33.1 Å². The molecular formula is C25H22N4OS. The van der Waals surface area contributed by atoms with E-state index in [1.165, 1.54) is 0 Å². The first-order valence-corrected chi connectivity index (χ1v) is 11.0. The van der Waals surface area contributed by atoms with E-state index in [4.69, 9.17) is 5.26 Å². The summed E-state index contributed by atoms with van der Waals surface area (Å²) in [5, 5.41) is 12.0. The van der Waals surface area contributed by atoms with Gasteiger partial charge < -0.3 is 9.88 Å². The van der Waals surface area contributed by atoms with E-state index in [-0.39, 0.29) is 5.91 Å². The van der Waals surface area contributed by atoms with Gasteiger partial charge in [0.15, 0.2) is 0 Å². The molecule has 4 aromatic rings. The number of fused-ring (bicyclic) bond motifs is 1. The third-order valence-electron chi connectivity index (χ3n) is 5.08. The van der Waals surface area contributed by atoms with Gasteiger partial charge in [-0.2, -0.15) is 5.26 Å². The van der Waals surface area contributed by atoms with E-state index in [1.54, 1.807) is 11.8 Å². The lowest BCUT2D eigenvalue weighted by Gasteiger charge is -2.11. The Kier molecular flexibility index (Phi) is 6.34. The summed E-state index contributed by atoms with van der Waals surface area (Å²) in [6, 6.07) is 25.3. The smallest absolute Gasteiger partial charge is 0.252 e. The van der Waals surface area contributed by atoms with Crippen LogP contribution in [0.25, 0.3) is 11.0 Å². The molecule has 0 saturated heterocycles. The third kappa shape index (κ3) is 4.79. The monoisotopic (exact) mass is 426 g/mol. The lowest BCUT2D eigenvalue weighted by molar-refractivity contribution is 0.0949. The van der Waals surface area contributed by atoms with Gasteiger partial charge in [-0.1, -0.05) is 36.4 Å². The number of carbonyl (C=O) groups is 1. The highest BCUT2D eigenvalue weighted by Gasteiger charge is 2.12. The van der Waals surface area contributed by atoms with E-state index < -0.39 is 0 Å². The van der Waals surface area contributed by atoms with Crippen LogP contribution in [0.2, 0.25) is 0 Å². The van der Waals surface area contributed by atoms with E-state index in [9.17, 15) is 4.79 Å². The predicted molar refractivity (Wildman–Crippen MR) is 124 cm³/mol. The van der Waals surface area contributed by atoms with Gasteiger partial charge in [0.1, 0.15) is 5.82 Å². The lowest BCUT2D eigenvalue weighted by atomic mass is 10.2. The van der Waals surface area contributed by atoms with Crippen LogP contribution in [0.15, 0.2) is 77.7 Å². The average Bonchev–Trinajstić information content (AvgIpc) is 3.13. The molecule has 4 rings (SSSR count). The number of nitriles is 1.